The highest BCUT2D eigenvalue weighted by molar-refractivity contribution is 6.33. The molecular weight excluding hydrogens is 295 g/mol. The van der Waals surface area contributed by atoms with Crippen LogP contribution in [0.4, 0.5) is 0 Å². The van der Waals surface area contributed by atoms with Crippen molar-refractivity contribution in [1.29, 1.82) is 0 Å². The summed E-state index contributed by atoms with van der Waals surface area (Å²) >= 11 is 18.0. The van der Waals surface area contributed by atoms with Gasteiger partial charge in [-0.05, 0) is 47.9 Å². The molecule has 6 heteroatoms. The van der Waals surface area contributed by atoms with E-state index >= 15 is 0 Å². The van der Waals surface area contributed by atoms with E-state index in [2.05, 4.69) is 5.43 Å². The highest BCUT2D eigenvalue weighted by Crippen LogP contribution is 2.29. The number of hydrogen-bond acceptors (Lipinski definition) is 3. The van der Waals surface area contributed by atoms with E-state index in [0.29, 0.717) is 21.7 Å². The summed E-state index contributed by atoms with van der Waals surface area (Å²) in [7, 11) is 0. The largest absolute Gasteiger partial charge is 0.453 e. The number of benzene rings is 1. The van der Waals surface area contributed by atoms with Gasteiger partial charge in [-0.3, -0.25) is 11.3 Å². The lowest BCUT2D eigenvalue weighted by atomic mass is 10.0. The van der Waals surface area contributed by atoms with Gasteiger partial charge in [0.25, 0.3) is 0 Å². The second kappa shape index (κ2) is 5.95. The van der Waals surface area contributed by atoms with Crippen LogP contribution in [0.25, 0.3) is 0 Å². The second-order valence-electron chi connectivity index (χ2n) is 3.81. The molecule has 96 valence electrons. The van der Waals surface area contributed by atoms with Crippen LogP contribution in [0.1, 0.15) is 17.2 Å². The summed E-state index contributed by atoms with van der Waals surface area (Å²) in [6, 6.07) is 6.88. The van der Waals surface area contributed by atoms with Crippen LogP contribution >= 0.6 is 34.8 Å². The molecule has 0 aliphatic rings. The van der Waals surface area contributed by atoms with Crippen molar-refractivity contribution in [2.24, 2.45) is 5.84 Å². The Hall–Kier alpha value is -0.710. The van der Waals surface area contributed by atoms with Crippen molar-refractivity contribution in [2.75, 3.05) is 0 Å². The molecule has 1 atom stereocenters. The van der Waals surface area contributed by atoms with Gasteiger partial charge in [-0.15, -0.1) is 0 Å². The molecule has 18 heavy (non-hydrogen) atoms. The summed E-state index contributed by atoms with van der Waals surface area (Å²) in [5.41, 5.74) is 4.37. The molecule has 2 aromatic rings. The molecule has 0 saturated heterocycles. The van der Waals surface area contributed by atoms with Crippen molar-refractivity contribution in [2.45, 2.75) is 12.5 Å². The quantitative estimate of drug-likeness (QED) is 0.663. The van der Waals surface area contributed by atoms with Crippen LogP contribution in [0.15, 0.2) is 34.9 Å². The Balaban J connectivity index is 2.26. The average molecular weight is 306 g/mol. The van der Waals surface area contributed by atoms with Crippen LogP contribution in [-0.4, -0.2) is 0 Å². The topological polar surface area (TPSA) is 51.2 Å². The lowest BCUT2D eigenvalue weighted by Gasteiger charge is -2.15. The Morgan fingerprint density at radius 1 is 1.22 bits per heavy atom. The third-order valence-electron chi connectivity index (χ3n) is 2.65. The van der Waals surface area contributed by atoms with Crippen LogP contribution in [0.5, 0.6) is 0 Å². The minimum atomic E-state index is -0.188. The predicted octanol–water partition coefficient (Wildman–Crippen LogP) is 3.99. The average Bonchev–Trinajstić information content (AvgIpc) is 2.77. The Morgan fingerprint density at radius 3 is 2.61 bits per heavy atom. The SMILES string of the molecule is NNC(Cc1cc(Cl)ccc1Cl)c1ccoc1Cl. The fourth-order valence-corrected chi connectivity index (χ4v) is 2.37. The molecule has 0 spiro atoms. The van der Waals surface area contributed by atoms with Gasteiger partial charge in [-0.2, -0.15) is 0 Å². The van der Waals surface area contributed by atoms with E-state index in [1.165, 1.54) is 6.26 Å². The molecule has 0 radical (unpaired) electrons. The summed E-state index contributed by atoms with van der Waals surface area (Å²) < 4.78 is 5.05. The molecule has 0 amide bonds. The molecule has 0 aliphatic carbocycles. The Kier molecular flexibility index (Phi) is 4.54. The van der Waals surface area contributed by atoms with Gasteiger partial charge in [0.15, 0.2) is 5.22 Å². The van der Waals surface area contributed by atoms with E-state index in [0.717, 1.165) is 11.1 Å². The first kappa shape index (κ1) is 13.7. The van der Waals surface area contributed by atoms with Gasteiger partial charge in [-0.1, -0.05) is 23.2 Å². The van der Waals surface area contributed by atoms with E-state index in [9.17, 15) is 0 Å². The van der Waals surface area contributed by atoms with Gasteiger partial charge in [0.1, 0.15) is 0 Å². The molecule has 0 fully saturated rings. The smallest absolute Gasteiger partial charge is 0.197 e. The van der Waals surface area contributed by atoms with Gasteiger partial charge in [0, 0.05) is 15.6 Å². The van der Waals surface area contributed by atoms with Crippen molar-refractivity contribution in [3.8, 4) is 0 Å². The number of hydrogen-bond donors (Lipinski definition) is 2. The van der Waals surface area contributed by atoms with Gasteiger partial charge in [0.2, 0.25) is 0 Å². The van der Waals surface area contributed by atoms with E-state index in [1.54, 1.807) is 18.2 Å². The van der Waals surface area contributed by atoms with E-state index in [-0.39, 0.29) is 6.04 Å². The summed E-state index contributed by atoms with van der Waals surface area (Å²) in [5, 5.41) is 1.58. The maximum absolute atomic E-state index is 6.11. The molecule has 1 aromatic heterocycles. The van der Waals surface area contributed by atoms with Crippen LogP contribution < -0.4 is 11.3 Å². The zero-order valence-corrected chi connectivity index (χ0v) is 11.6. The number of rotatable bonds is 4. The number of nitrogens with one attached hydrogen (secondary N) is 1. The third kappa shape index (κ3) is 2.99. The lowest BCUT2D eigenvalue weighted by molar-refractivity contribution is 0.527. The molecule has 1 unspecified atom stereocenters. The third-order valence-corrected chi connectivity index (χ3v) is 3.57. The van der Waals surface area contributed by atoms with Gasteiger partial charge >= 0.3 is 0 Å². The summed E-state index contributed by atoms with van der Waals surface area (Å²) in [4.78, 5) is 0. The highest BCUT2D eigenvalue weighted by Gasteiger charge is 2.17. The monoisotopic (exact) mass is 304 g/mol. The zero-order chi connectivity index (χ0) is 13.1. The van der Waals surface area contributed by atoms with Crippen LogP contribution in [0.3, 0.4) is 0 Å². The molecule has 0 bridgehead atoms. The van der Waals surface area contributed by atoms with Crippen molar-refractivity contribution >= 4 is 34.8 Å². The van der Waals surface area contributed by atoms with Crippen molar-refractivity contribution in [3.63, 3.8) is 0 Å². The first-order valence-corrected chi connectivity index (χ1v) is 6.38. The summed E-state index contributed by atoms with van der Waals surface area (Å²) in [5.74, 6) is 5.54. The first-order chi connectivity index (χ1) is 8.61. The minimum absolute atomic E-state index is 0.188. The van der Waals surface area contributed by atoms with Crippen molar-refractivity contribution < 1.29 is 4.42 Å². The molecule has 2 rings (SSSR count). The Labute approximate surface area is 120 Å². The van der Waals surface area contributed by atoms with Crippen molar-refractivity contribution in [1.82, 2.24) is 5.43 Å². The number of halogens is 3. The van der Waals surface area contributed by atoms with E-state index in [1.807, 2.05) is 6.07 Å². The maximum Gasteiger partial charge on any atom is 0.197 e. The highest BCUT2D eigenvalue weighted by atomic mass is 35.5. The zero-order valence-electron chi connectivity index (χ0n) is 9.29. The predicted molar refractivity (Wildman–Crippen MR) is 73.9 cm³/mol. The fourth-order valence-electron chi connectivity index (χ4n) is 1.73. The van der Waals surface area contributed by atoms with Crippen LogP contribution in [-0.2, 0) is 6.42 Å². The Bertz CT molecular complexity index is 542. The summed E-state index contributed by atoms with van der Waals surface area (Å²) in [6.45, 7) is 0. The second-order valence-corrected chi connectivity index (χ2v) is 5.00. The Morgan fingerprint density at radius 2 is 2.00 bits per heavy atom. The molecular formula is C12H11Cl3N2O. The van der Waals surface area contributed by atoms with Crippen molar-refractivity contribution in [3.05, 3.63) is 56.9 Å². The van der Waals surface area contributed by atoms with Gasteiger partial charge in [-0.25, -0.2) is 0 Å². The molecule has 0 aliphatic heterocycles. The maximum atomic E-state index is 6.11. The molecule has 3 nitrogen and oxygen atoms in total. The molecule has 0 saturated carbocycles. The van der Waals surface area contributed by atoms with E-state index in [4.69, 9.17) is 45.1 Å². The van der Waals surface area contributed by atoms with E-state index < -0.39 is 0 Å². The number of hydrazine groups is 1. The number of nitrogens with two attached hydrogens (primary N) is 1. The van der Waals surface area contributed by atoms with Gasteiger partial charge in [0.05, 0.1) is 12.3 Å². The minimum Gasteiger partial charge on any atom is -0.453 e. The van der Waals surface area contributed by atoms with Gasteiger partial charge < -0.3 is 4.42 Å². The fraction of sp³-hybridized carbons (Fsp3) is 0.167. The normalized spacial score (nSPS) is 12.7. The summed E-state index contributed by atoms with van der Waals surface area (Å²) in [6.07, 6.45) is 2.08. The number of furan rings is 1. The van der Waals surface area contributed by atoms with Crippen LogP contribution in [0, 0.1) is 0 Å². The molecule has 3 N–H and O–H groups in total. The van der Waals surface area contributed by atoms with Crippen LogP contribution in [0.2, 0.25) is 15.3 Å². The lowest BCUT2D eigenvalue weighted by Crippen LogP contribution is -2.29. The molecule has 1 aromatic carbocycles. The first-order valence-electron chi connectivity index (χ1n) is 5.24. The standard InChI is InChI=1S/C12H11Cl3N2O/c13-8-1-2-10(14)7(5-8)6-11(17-16)9-3-4-18-12(9)15/h1-5,11,17H,6,16H2. The molecule has 1 heterocycles.